The average molecular weight is 234 g/mol. The third kappa shape index (κ3) is 3.06. The van der Waals surface area contributed by atoms with E-state index < -0.39 is 6.10 Å². The molecule has 0 radical (unpaired) electrons. The minimum absolute atomic E-state index is 0.397. The number of aliphatic hydroxyl groups excluding tert-OH is 1. The molecule has 1 unspecified atom stereocenters. The lowest BCUT2D eigenvalue weighted by atomic mass is 9.85. The molecule has 1 aliphatic heterocycles. The van der Waals surface area contributed by atoms with Gasteiger partial charge in [0, 0.05) is 6.54 Å². The zero-order chi connectivity index (χ0) is 12.1. The lowest BCUT2D eigenvalue weighted by Gasteiger charge is -2.26. The smallest absolute Gasteiger partial charge is 0.0917 e. The van der Waals surface area contributed by atoms with E-state index in [0.29, 0.717) is 12.5 Å². The van der Waals surface area contributed by atoms with Crippen LogP contribution in [0.3, 0.4) is 0 Å². The average Bonchev–Trinajstić information content (AvgIpc) is 2.40. The summed E-state index contributed by atoms with van der Waals surface area (Å²) in [6, 6.07) is 8.31. The summed E-state index contributed by atoms with van der Waals surface area (Å²) >= 11 is 0. The van der Waals surface area contributed by atoms with E-state index in [1.54, 1.807) is 0 Å². The van der Waals surface area contributed by atoms with Gasteiger partial charge in [-0.25, -0.2) is 0 Å². The molecule has 1 aromatic rings. The summed E-state index contributed by atoms with van der Waals surface area (Å²) in [6.07, 6.45) is 1.94. The molecule has 1 aromatic carbocycles. The first-order valence-electron chi connectivity index (χ1n) is 6.45. The number of hydrogen-bond donors (Lipinski definition) is 3. The Morgan fingerprint density at radius 1 is 1.35 bits per heavy atom. The summed E-state index contributed by atoms with van der Waals surface area (Å²) in [5.74, 6) is 0.596. The molecule has 0 aromatic heterocycles. The lowest BCUT2D eigenvalue weighted by Crippen LogP contribution is -2.27. The molecule has 94 valence electrons. The van der Waals surface area contributed by atoms with E-state index in [1.165, 1.54) is 18.4 Å². The molecule has 0 aliphatic carbocycles. The van der Waals surface area contributed by atoms with Gasteiger partial charge in [0.05, 0.1) is 6.10 Å². The van der Waals surface area contributed by atoms with Gasteiger partial charge < -0.3 is 15.7 Å². The Hall–Kier alpha value is -0.900. The molecule has 0 spiro atoms. The predicted molar refractivity (Wildman–Crippen MR) is 70.2 cm³/mol. The molecular formula is C14H22N2O. The topological polar surface area (TPSA) is 44.3 Å². The Morgan fingerprint density at radius 3 is 2.76 bits per heavy atom. The molecule has 17 heavy (non-hydrogen) atoms. The van der Waals surface area contributed by atoms with Gasteiger partial charge in [0.2, 0.25) is 0 Å². The molecule has 2 rings (SSSR count). The first-order chi connectivity index (χ1) is 8.33. The quantitative estimate of drug-likeness (QED) is 0.738. The van der Waals surface area contributed by atoms with E-state index in [-0.39, 0.29) is 0 Å². The van der Waals surface area contributed by atoms with Crippen molar-refractivity contribution in [3.63, 3.8) is 0 Å². The highest BCUT2D eigenvalue weighted by atomic mass is 16.3. The lowest BCUT2D eigenvalue weighted by molar-refractivity contribution is 0.175. The van der Waals surface area contributed by atoms with E-state index in [2.05, 4.69) is 28.8 Å². The second-order valence-electron chi connectivity index (χ2n) is 4.73. The van der Waals surface area contributed by atoms with E-state index in [1.807, 2.05) is 13.1 Å². The van der Waals surface area contributed by atoms with Gasteiger partial charge in [0.15, 0.2) is 0 Å². The number of rotatable bonds is 4. The van der Waals surface area contributed by atoms with Gasteiger partial charge in [-0.1, -0.05) is 24.3 Å². The standard InChI is InChI=1S/C14H22N2O/c1-15-10-14(17)13-5-3-2-4-12(13)11-6-8-16-9-7-11/h2-5,11,14-17H,6-10H2,1H3. The van der Waals surface area contributed by atoms with Gasteiger partial charge >= 0.3 is 0 Å². The molecule has 1 heterocycles. The summed E-state index contributed by atoms with van der Waals surface area (Å²) in [5, 5.41) is 16.6. The van der Waals surface area contributed by atoms with Crippen molar-refractivity contribution in [1.29, 1.82) is 0 Å². The number of piperidine rings is 1. The van der Waals surface area contributed by atoms with Crippen molar-refractivity contribution in [3.8, 4) is 0 Å². The maximum absolute atomic E-state index is 10.2. The van der Waals surface area contributed by atoms with Crippen LogP contribution in [0.2, 0.25) is 0 Å². The van der Waals surface area contributed by atoms with Crippen molar-refractivity contribution in [3.05, 3.63) is 35.4 Å². The largest absolute Gasteiger partial charge is 0.387 e. The maximum Gasteiger partial charge on any atom is 0.0917 e. The zero-order valence-corrected chi connectivity index (χ0v) is 10.4. The second-order valence-corrected chi connectivity index (χ2v) is 4.73. The van der Waals surface area contributed by atoms with Crippen LogP contribution in [0.25, 0.3) is 0 Å². The molecule has 3 N–H and O–H groups in total. The second kappa shape index (κ2) is 6.15. The maximum atomic E-state index is 10.2. The highest BCUT2D eigenvalue weighted by Crippen LogP contribution is 2.30. The van der Waals surface area contributed by atoms with Crippen molar-refractivity contribution in [2.75, 3.05) is 26.7 Å². The molecular weight excluding hydrogens is 212 g/mol. The number of aliphatic hydroxyl groups is 1. The summed E-state index contributed by atoms with van der Waals surface area (Å²) in [4.78, 5) is 0. The SMILES string of the molecule is CNCC(O)c1ccccc1C1CCNCC1. The molecule has 1 saturated heterocycles. The fraction of sp³-hybridized carbons (Fsp3) is 0.571. The minimum atomic E-state index is -0.397. The molecule has 0 saturated carbocycles. The van der Waals surface area contributed by atoms with Crippen molar-refractivity contribution in [2.24, 2.45) is 0 Å². The van der Waals surface area contributed by atoms with Crippen LogP contribution in [-0.2, 0) is 0 Å². The summed E-state index contributed by atoms with van der Waals surface area (Å²) in [5.41, 5.74) is 2.42. The first kappa shape index (κ1) is 12.6. The first-order valence-corrected chi connectivity index (χ1v) is 6.45. The Balaban J connectivity index is 2.19. The Morgan fingerprint density at radius 2 is 2.06 bits per heavy atom. The predicted octanol–water partition coefficient (Wildman–Crippen LogP) is 1.41. The number of nitrogens with one attached hydrogen (secondary N) is 2. The van der Waals surface area contributed by atoms with Gasteiger partial charge in [-0.05, 0) is 50.0 Å². The molecule has 1 aliphatic rings. The van der Waals surface area contributed by atoms with Crippen LogP contribution in [0.5, 0.6) is 0 Å². The molecule has 0 bridgehead atoms. The monoisotopic (exact) mass is 234 g/mol. The third-order valence-electron chi connectivity index (χ3n) is 3.53. The van der Waals surface area contributed by atoms with Gasteiger partial charge in [-0.2, -0.15) is 0 Å². The molecule has 0 amide bonds. The van der Waals surface area contributed by atoms with Gasteiger partial charge in [0.25, 0.3) is 0 Å². The normalized spacial score (nSPS) is 19.2. The Bertz CT molecular complexity index is 348. The fourth-order valence-corrected chi connectivity index (χ4v) is 2.62. The van der Waals surface area contributed by atoms with Crippen molar-refractivity contribution >= 4 is 0 Å². The van der Waals surface area contributed by atoms with Gasteiger partial charge in [0.1, 0.15) is 0 Å². The zero-order valence-electron chi connectivity index (χ0n) is 10.4. The highest BCUT2D eigenvalue weighted by molar-refractivity contribution is 5.32. The van der Waals surface area contributed by atoms with Gasteiger partial charge in [-0.15, -0.1) is 0 Å². The van der Waals surface area contributed by atoms with Crippen molar-refractivity contribution in [1.82, 2.24) is 10.6 Å². The minimum Gasteiger partial charge on any atom is -0.387 e. The van der Waals surface area contributed by atoms with Crippen molar-refractivity contribution < 1.29 is 5.11 Å². The summed E-state index contributed by atoms with van der Waals surface area (Å²) < 4.78 is 0. The fourth-order valence-electron chi connectivity index (χ4n) is 2.62. The number of hydrogen-bond acceptors (Lipinski definition) is 3. The van der Waals surface area contributed by atoms with E-state index >= 15 is 0 Å². The van der Waals surface area contributed by atoms with Crippen LogP contribution >= 0.6 is 0 Å². The Kier molecular flexibility index (Phi) is 4.54. The molecule has 3 nitrogen and oxygen atoms in total. The van der Waals surface area contributed by atoms with Crippen LogP contribution in [0, 0.1) is 0 Å². The molecule has 1 atom stereocenters. The Labute approximate surface area is 103 Å². The number of benzene rings is 1. The van der Waals surface area contributed by atoms with Crippen LogP contribution in [0.1, 0.15) is 36.0 Å². The van der Waals surface area contributed by atoms with Gasteiger partial charge in [-0.3, -0.25) is 0 Å². The van der Waals surface area contributed by atoms with E-state index in [9.17, 15) is 5.11 Å². The van der Waals surface area contributed by atoms with Crippen LogP contribution < -0.4 is 10.6 Å². The van der Waals surface area contributed by atoms with Crippen LogP contribution in [0.4, 0.5) is 0 Å². The van der Waals surface area contributed by atoms with Crippen LogP contribution in [0.15, 0.2) is 24.3 Å². The van der Waals surface area contributed by atoms with Crippen LogP contribution in [-0.4, -0.2) is 31.8 Å². The summed E-state index contributed by atoms with van der Waals surface area (Å²) in [7, 11) is 1.87. The summed E-state index contributed by atoms with van der Waals surface area (Å²) in [6.45, 7) is 2.78. The number of likely N-dealkylation sites (N-methyl/N-ethyl adjacent to an activating group) is 1. The molecule has 1 fully saturated rings. The highest BCUT2D eigenvalue weighted by Gasteiger charge is 2.20. The van der Waals surface area contributed by atoms with E-state index in [4.69, 9.17) is 0 Å². The third-order valence-corrected chi connectivity index (χ3v) is 3.53. The van der Waals surface area contributed by atoms with Crippen molar-refractivity contribution in [2.45, 2.75) is 24.9 Å². The molecule has 3 heteroatoms. The van der Waals surface area contributed by atoms with E-state index in [0.717, 1.165) is 18.7 Å².